The Kier molecular flexibility index (Phi) is 3.28. The Labute approximate surface area is 140 Å². The Balaban J connectivity index is 1.74. The summed E-state index contributed by atoms with van der Waals surface area (Å²) in [6.07, 6.45) is 2.99. The Bertz CT molecular complexity index is 1180. The summed E-state index contributed by atoms with van der Waals surface area (Å²) < 4.78 is 36.7. The third-order valence-electron chi connectivity index (χ3n) is 3.44. The smallest absolute Gasteiger partial charge is 0.268 e. The summed E-state index contributed by atoms with van der Waals surface area (Å²) in [5.41, 5.74) is 1.38. The standard InChI is InChI=1S/C14H9N5O3S2/c20-14(9-8-15-19-7-2-1-5-11(9)19)18-24(21,22)12-6-3-4-10-13(12)17-23-16-10/h1-8H,(H,18,20). The van der Waals surface area contributed by atoms with Crippen LogP contribution in [0.2, 0.25) is 0 Å². The van der Waals surface area contributed by atoms with Crippen LogP contribution in [0.3, 0.4) is 0 Å². The molecule has 1 N–H and O–H groups in total. The lowest BCUT2D eigenvalue weighted by Crippen LogP contribution is -2.30. The van der Waals surface area contributed by atoms with Crippen LogP contribution in [0.25, 0.3) is 16.6 Å². The van der Waals surface area contributed by atoms with Crippen LogP contribution in [0.15, 0.2) is 53.7 Å². The van der Waals surface area contributed by atoms with Gasteiger partial charge in [0.2, 0.25) is 0 Å². The number of carbonyl (C=O) groups excluding carboxylic acids is 1. The van der Waals surface area contributed by atoms with E-state index in [4.69, 9.17) is 0 Å². The predicted octanol–water partition coefficient (Wildman–Crippen LogP) is 1.46. The first-order valence-electron chi connectivity index (χ1n) is 6.77. The summed E-state index contributed by atoms with van der Waals surface area (Å²) in [6, 6.07) is 9.77. The second kappa shape index (κ2) is 5.35. The minimum absolute atomic E-state index is 0.0847. The number of pyridine rings is 1. The summed E-state index contributed by atoms with van der Waals surface area (Å²) in [5.74, 6) is -0.753. The van der Waals surface area contributed by atoms with Crippen molar-refractivity contribution in [1.82, 2.24) is 23.1 Å². The molecule has 0 aliphatic heterocycles. The van der Waals surface area contributed by atoms with Crippen LogP contribution >= 0.6 is 11.7 Å². The van der Waals surface area contributed by atoms with Gasteiger partial charge in [-0.05, 0) is 24.3 Å². The van der Waals surface area contributed by atoms with Crippen LogP contribution in [0.4, 0.5) is 0 Å². The molecule has 10 heteroatoms. The number of hydrogen-bond acceptors (Lipinski definition) is 7. The van der Waals surface area contributed by atoms with E-state index < -0.39 is 15.9 Å². The van der Waals surface area contributed by atoms with Gasteiger partial charge in [-0.3, -0.25) is 4.79 Å². The zero-order valence-electron chi connectivity index (χ0n) is 11.9. The van der Waals surface area contributed by atoms with E-state index in [0.717, 1.165) is 11.7 Å². The van der Waals surface area contributed by atoms with Crippen LogP contribution in [0.1, 0.15) is 10.4 Å². The third kappa shape index (κ3) is 2.32. The van der Waals surface area contributed by atoms with E-state index in [2.05, 4.69) is 18.6 Å². The SMILES string of the molecule is O=C(NS(=O)(=O)c1cccc2nsnc12)c1cnn2ccccc12. The van der Waals surface area contributed by atoms with E-state index in [1.165, 1.54) is 16.8 Å². The normalized spacial score (nSPS) is 11.8. The van der Waals surface area contributed by atoms with Gasteiger partial charge in [0.05, 0.1) is 29.0 Å². The highest BCUT2D eigenvalue weighted by atomic mass is 32.2. The summed E-state index contributed by atoms with van der Waals surface area (Å²) in [4.78, 5) is 12.3. The highest BCUT2D eigenvalue weighted by molar-refractivity contribution is 7.90. The van der Waals surface area contributed by atoms with Gasteiger partial charge in [-0.1, -0.05) is 12.1 Å². The topological polar surface area (TPSA) is 106 Å². The van der Waals surface area contributed by atoms with Gasteiger partial charge in [-0.25, -0.2) is 17.7 Å². The summed E-state index contributed by atoms with van der Waals surface area (Å²) in [5, 5.41) is 4.02. The van der Waals surface area contributed by atoms with Crippen LogP contribution in [0.5, 0.6) is 0 Å². The molecule has 0 unspecified atom stereocenters. The highest BCUT2D eigenvalue weighted by Crippen LogP contribution is 2.21. The number of sulfonamides is 1. The van der Waals surface area contributed by atoms with Crippen molar-refractivity contribution in [2.24, 2.45) is 0 Å². The van der Waals surface area contributed by atoms with E-state index in [-0.39, 0.29) is 16.0 Å². The fourth-order valence-corrected chi connectivity index (χ4v) is 4.07. The van der Waals surface area contributed by atoms with Gasteiger partial charge in [0.1, 0.15) is 15.9 Å². The molecule has 4 aromatic rings. The van der Waals surface area contributed by atoms with Crippen molar-refractivity contribution < 1.29 is 13.2 Å². The first kappa shape index (κ1) is 14.7. The van der Waals surface area contributed by atoms with Crippen molar-refractivity contribution in [3.63, 3.8) is 0 Å². The van der Waals surface area contributed by atoms with Crippen LogP contribution in [-0.2, 0) is 10.0 Å². The quantitative estimate of drug-likeness (QED) is 0.593. The molecular weight excluding hydrogens is 350 g/mol. The molecule has 1 amide bonds. The van der Waals surface area contributed by atoms with E-state index >= 15 is 0 Å². The van der Waals surface area contributed by atoms with Gasteiger partial charge >= 0.3 is 0 Å². The molecule has 3 aromatic heterocycles. The van der Waals surface area contributed by atoms with Gasteiger partial charge in [-0.15, -0.1) is 0 Å². The number of hydrogen-bond donors (Lipinski definition) is 1. The van der Waals surface area contributed by atoms with E-state index in [0.29, 0.717) is 11.0 Å². The maximum atomic E-state index is 12.6. The lowest BCUT2D eigenvalue weighted by molar-refractivity contribution is 0.0983. The number of rotatable bonds is 3. The first-order chi connectivity index (χ1) is 11.6. The fourth-order valence-electron chi connectivity index (χ4n) is 2.34. The van der Waals surface area contributed by atoms with Crippen LogP contribution in [-0.4, -0.2) is 32.7 Å². The predicted molar refractivity (Wildman–Crippen MR) is 87.3 cm³/mol. The molecule has 0 bridgehead atoms. The second-order valence-corrected chi connectivity index (χ2v) is 7.09. The Morgan fingerprint density at radius 2 is 2.00 bits per heavy atom. The highest BCUT2D eigenvalue weighted by Gasteiger charge is 2.24. The number of nitrogens with one attached hydrogen (secondary N) is 1. The minimum Gasteiger partial charge on any atom is -0.268 e. The molecule has 0 atom stereocenters. The maximum Gasteiger partial charge on any atom is 0.268 e. The molecule has 0 radical (unpaired) electrons. The number of benzene rings is 1. The largest absolute Gasteiger partial charge is 0.268 e. The summed E-state index contributed by atoms with van der Waals surface area (Å²) >= 11 is 0.911. The third-order valence-corrected chi connectivity index (χ3v) is 5.34. The van der Waals surface area contributed by atoms with Crippen molar-refractivity contribution in [3.05, 3.63) is 54.4 Å². The average Bonchev–Trinajstić information content (AvgIpc) is 3.20. The van der Waals surface area contributed by atoms with Gasteiger partial charge in [-0.2, -0.15) is 13.8 Å². The zero-order valence-corrected chi connectivity index (χ0v) is 13.6. The monoisotopic (exact) mass is 359 g/mol. The molecule has 0 saturated heterocycles. The lowest BCUT2D eigenvalue weighted by Gasteiger charge is -2.06. The molecule has 1 aromatic carbocycles. The van der Waals surface area contributed by atoms with Crippen molar-refractivity contribution in [3.8, 4) is 0 Å². The van der Waals surface area contributed by atoms with Gasteiger partial charge in [0.15, 0.2) is 0 Å². The first-order valence-corrected chi connectivity index (χ1v) is 8.98. The molecule has 0 fully saturated rings. The van der Waals surface area contributed by atoms with Crippen molar-refractivity contribution in [2.75, 3.05) is 0 Å². The second-order valence-electron chi connectivity index (χ2n) is 4.91. The average molecular weight is 359 g/mol. The molecule has 3 heterocycles. The van der Waals surface area contributed by atoms with E-state index in [1.54, 1.807) is 36.5 Å². The number of fused-ring (bicyclic) bond motifs is 2. The molecule has 8 nitrogen and oxygen atoms in total. The summed E-state index contributed by atoms with van der Waals surface area (Å²) in [7, 11) is -4.08. The maximum absolute atomic E-state index is 12.6. The molecule has 0 aliphatic rings. The Morgan fingerprint density at radius 3 is 2.88 bits per heavy atom. The molecule has 0 spiro atoms. The molecule has 120 valence electrons. The van der Waals surface area contributed by atoms with E-state index in [9.17, 15) is 13.2 Å². The fraction of sp³-hybridized carbons (Fsp3) is 0. The molecular formula is C14H9N5O3S2. The Morgan fingerprint density at radius 1 is 1.12 bits per heavy atom. The van der Waals surface area contributed by atoms with Gasteiger partial charge in [0, 0.05) is 6.20 Å². The zero-order chi connectivity index (χ0) is 16.7. The number of aromatic nitrogens is 4. The molecule has 0 saturated carbocycles. The van der Waals surface area contributed by atoms with Crippen LogP contribution in [0, 0.1) is 0 Å². The number of amides is 1. The molecule has 24 heavy (non-hydrogen) atoms. The minimum atomic E-state index is -4.08. The molecule has 0 aliphatic carbocycles. The molecule has 4 rings (SSSR count). The van der Waals surface area contributed by atoms with Crippen molar-refractivity contribution >= 4 is 44.2 Å². The van der Waals surface area contributed by atoms with E-state index in [1.807, 2.05) is 0 Å². The van der Waals surface area contributed by atoms with Gasteiger partial charge < -0.3 is 0 Å². The van der Waals surface area contributed by atoms with Crippen molar-refractivity contribution in [1.29, 1.82) is 0 Å². The Hall–Kier alpha value is -2.85. The van der Waals surface area contributed by atoms with Crippen LogP contribution < -0.4 is 4.72 Å². The number of nitrogens with zero attached hydrogens (tertiary/aromatic N) is 4. The number of carbonyl (C=O) groups is 1. The van der Waals surface area contributed by atoms with Gasteiger partial charge in [0.25, 0.3) is 15.9 Å². The lowest BCUT2D eigenvalue weighted by atomic mass is 10.2. The van der Waals surface area contributed by atoms with Crippen molar-refractivity contribution in [2.45, 2.75) is 4.90 Å². The summed E-state index contributed by atoms with van der Waals surface area (Å²) in [6.45, 7) is 0.